The number of rotatable bonds is 4. The van der Waals surface area contributed by atoms with E-state index in [-0.39, 0.29) is 24.6 Å². The quantitative estimate of drug-likeness (QED) is 0.770. The number of aryl methyl sites for hydroxylation is 2. The number of amides is 1. The lowest BCUT2D eigenvalue weighted by atomic mass is 9.86. The van der Waals surface area contributed by atoms with E-state index in [1.54, 1.807) is 17.9 Å². The normalized spacial score (nSPS) is 23.5. The second-order valence-electron chi connectivity index (χ2n) is 8.07. The molecule has 3 aliphatic rings. The van der Waals surface area contributed by atoms with Crippen LogP contribution in [-0.4, -0.2) is 36.7 Å². The van der Waals surface area contributed by atoms with Gasteiger partial charge in [-0.1, -0.05) is 24.3 Å². The number of fused-ring (bicyclic) bond motifs is 3. The van der Waals surface area contributed by atoms with Gasteiger partial charge in [-0.15, -0.1) is 0 Å². The molecular weight excluding hydrogens is 355 g/mol. The molecule has 0 aromatic heterocycles. The number of carbonyl (C=O) groups is 1. The highest BCUT2D eigenvalue weighted by atomic mass is 19.1. The summed E-state index contributed by atoms with van der Waals surface area (Å²) in [4.78, 5) is 17.1. The van der Waals surface area contributed by atoms with E-state index in [9.17, 15) is 9.18 Å². The Balaban J connectivity index is 1.57. The van der Waals surface area contributed by atoms with Crippen LogP contribution in [0.25, 0.3) is 0 Å². The fourth-order valence-electron chi connectivity index (χ4n) is 4.21. The second kappa shape index (κ2) is 7.92. The number of hydrogen-bond donors (Lipinski definition) is 0. The summed E-state index contributed by atoms with van der Waals surface area (Å²) in [6, 6.07) is 12.9. The average Bonchev–Trinajstić information content (AvgIpc) is 2.69. The molecule has 3 fully saturated rings. The van der Waals surface area contributed by atoms with Crippen molar-refractivity contribution in [2.24, 2.45) is 5.92 Å². The molecule has 4 nitrogen and oxygen atoms in total. The van der Waals surface area contributed by atoms with Crippen LogP contribution in [-0.2, 0) is 11.3 Å². The van der Waals surface area contributed by atoms with Gasteiger partial charge in [0.15, 0.2) is 0 Å². The Morgan fingerprint density at radius 3 is 2.61 bits per heavy atom. The molecule has 1 amide bonds. The summed E-state index contributed by atoms with van der Waals surface area (Å²) in [5, 5.41) is 0. The first-order valence-corrected chi connectivity index (χ1v) is 10.0. The molecule has 1 unspecified atom stereocenters. The molecule has 2 aromatic rings. The first-order valence-electron chi connectivity index (χ1n) is 10.0. The van der Waals surface area contributed by atoms with Crippen molar-refractivity contribution in [2.45, 2.75) is 39.3 Å². The standard InChI is InChI=1S/C23H27FN2O2/c1-16-4-3-5-20(12-16)26(14-18-7-6-17(2)21(24)13-18)23(27)28-22-15-25-10-8-19(22)9-11-25/h3-7,12-13,19,22H,8-11,14-15H2,1-2H3. The van der Waals surface area contributed by atoms with Crippen molar-refractivity contribution in [3.05, 3.63) is 65.0 Å². The molecular formula is C23H27FN2O2. The third-order valence-corrected chi connectivity index (χ3v) is 5.96. The van der Waals surface area contributed by atoms with Gasteiger partial charge in [0, 0.05) is 12.2 Å². The van der Waals surface area contributed by atoms with Gasteiger partial charge in [0.25, 0.3) is 0 Å². The molecule has 5 rings (SSSR count). The molecule has 3 aliphatic heterocycles. The van der Waals surface area contributed by atoms with E-state index in [1.807, 2.05) is 37.3 Å². The van der Waals surface area contributed by atoms with Gasteiger partial charge in [-0.2, -0.15) is 0 Å². The van der Waals surface area contributed by atoms with Gasteiger partial charge in [-0.3, -0.25) is 9.80 Å². The summed E-state index contributed by atoms with van der Waals surface area (Å²) >= 11 is 0. The van der Waals surface area contributed by atoms with Gasteiger partial charge < -0.3 is 4.74 Å². The van der Waals surface area contributed by atoms with Crippen molar-refractivity contribution in [2.75, 3.05) is 24.5 Å². The van der Waals surface area contributed by atoms with Crippen molar-refractivity contribution in [1.82, 2.24) is 4.90 Å². The molecule has 28 heavy (non-hydrogen) atoms. The maximum Gasteiger partial charge on any atom is 0.414 e. The summed E-state index contributed by atoms with van der Waals surface area (Å²) < 4.78 is 20.0. The van der Waals surface area contributed by atoms with Gasteiger partial charge in [-0.25, -0.2) is 9.18 Å². The number of benzene rings is 2. The topological polar surface area (TPSA) is 32.8 Å². The molecule has 2 aromatic carbocycles. The zero-order valence-corrected chi connectivity index (χ0v) is 16.5. The minimum Gasteiger partial charge on any atom is -0.444 e. The predicted octanol–water partition coefficient (Wildman–Crippen LogP) is 4.68. The summed E-state index contributed by atoms with van der Waals surface area (Å²) in [7, 11) is 0. The number of carbonyl (C=O) groups excluding carboxylic acids is 1. The van der Waals surface area contributed by atoms with E-state index in [0.29, 0.717) is 11.5 Å². The van der Waals surface area contributed by atoms with Crippen molar-refractivity contribution in [3.8, 4) is 0 Å². The van der Waals surface area contributed by atoms with Crippen molar-refractivity contribution >= 4 is 11.8 Å². The van der Waals surface area contributed by atoms with Crippen LogP contribution in [0.3, 0.4) is 0 Å². The highest BCUT2D eigenvalue weighted by Crippen LogP contribution is 2.31. The van der Waals surface area contributed by atoms with E-state index in [1.165, 1.54) is 6.07 Å². The minimum atomic E-state index is -0.356. The Kier molecular flexibility index (Phi) is 5.36. The molecule has 0 saturated carbocycles. The van der Waals surface area contributed by atoms with E-state index in [4.69, 9.17) is 4.74 Å². The SMILES string of the molecule is Cc1cccc(N(Cc2ccc(C)c(F)c2)C(=O)OC2CN3CCC2CC3)c1. The molecule has 2 bridgehead atoms. The van der Waals surface area contributed by atoms with Crippen LogP contribution in [0.15, 0.2) is 42.5 Å². The molecule has 5 heteroatoms. The first kappa shape index (κ1) is 18.9. The minimum absolute atomic E-state index is 0.0583. The zero-order valence-electron chi connectivity index (χ0n) is 16.5. The number of nitrogens with zero attached hydrogens (tertiary/aromatic N) is 2. The van der Waals surface area contributed by atoms with Gasteiger partial charge in [-0.05, 0) is 80.6 Å². The highest BCUT2D eigenvalue weighted by molar-refractivity contribution is 5.87. The van der Waals surface area contributed by atoms with E-state index >= 15 is 0 Å². The second-order valence-corrected chi connectivity index (χ2v) is 8.07. The molecule has 0 radical (unpaired) electrons. The van der Waals surface area contributed by atoms with Gasteiger partial charge in [0.2, 0.25) is 0 Å². The Morgan fingerprint density at radius 2 is 1.96 bits per heavy atom. The van der Waals surface area contributed by atoms with Gasteiger partial charge >= 0.3 is 6.09 Å². The van der Waals surface area contributed by atoms with E-state index in [2.05, 4.69) is 4.90 Å². The van der Waals surface area contributed by atoms with Crippen LogP contribution in [0, 0.1) is 25.6 Å². The van der Waals surface area contributed by atoms with E-state index in [0.717, 1.165) is 49.3 Å². The maximum atomic E-state index is 14.0. The Labute approximate surface area is 165 Å². The predicted molar refractivity (Wildman–Crippen MR) is 108 cm³/mol. The number of halogens is 1. The van der Waals surface area contributed by atoms with Gasteiger partial charge in [0.1, 0.15) is 11.9 Å². The van der Waals surface area contributed by atoms with Crippen LogP contribution in [0.2, 0.25) is 0 Å². The van der Waals surface area contributed by atoms with Crippen molar-refractivity contribution in [1.29, 1.82) is 0 Å². The lowest BCUT2D eigenvalue weighted by Gasteiger charge is -2.44. The number of anilines is 1. The smallest absolute Gasteiger partial charge is 0.414 e. The highest BCUT2D eigenvalue weighted by Gasteiger charge is 2.37. The summed E-state index contributed by atoms with van der Waals surface area (Å²) in [6.45, 7) is 7.02. The number of ether oxygens (including phenoxy) is 1. The van der Waals surface area contributed by atoms with Crippen molar-refractivity contribution < 1.29 is 13.9 Å². The Hall–Kier alpha value is -2.40. The lowest BCUT2D eigenvalue weighted by molar-refractivity contribution is -0.0311. The Bertz CT molecular complexity index is 861. The lowest BCUT2D eigenvalue weighted by Crippen LogP contribution is -2.53. The van der Waals surface area contributed by atoms with E-state index < -0.39 is 0 Å². The third-order valence-electron chi connectivity index (χ3n) is 5.96. The first-order chi connectivity index (χ1) is 13.5. The summed E-state index contributed by atoms with van der Waals surface area (Å²) in [6.07, 6.45) is 1.76. The van der Waals surface area contributed by atoms with Crippen molar-refractivity contribution in [3.63, 3.8) is 0 Å². The molecule has 0 N–H and O–H groups in total. The summed E-state index contributed by atoms with van der Waals surface area (Å²) in [5.41, 5.74) is 3.18. The average molecular weight is 382 g/mol. The number of piperidine rings is 3. The third kappa shape index (κ3) is 4.04. The molecule has 3 heterocycles. The van der Waals surface area contributed by atoms with Crippen LogP contribution in [0.5, 0.6) is 0 Å². The molecule has 0 aliphatic carbocycles. The fraction of sp³-hybridized carbons (Fsp3) is 0.435. The monoisotopic (exact) mass is 382 g/mol. The molecule has 148 valence electrons. The fourth-order valence-corrected chi connectivity index (χ4v) is 4.21. The summed E-state index contributed by atoms with van der Waals surface area (Å²) in [5.74, 6) is 0.192. The molecule has 0 spiro atoms. The Morgan fingerprint density at radius 1 is 1.18 bits per heavy atom. The zero-order chi connectivity index (χ0) is 19.7. The van der Waals surface area contributed by atoms with Crippen LogP contribution in [0.4, 0.5) is 14.9 Å². The van der Waals surface area contributed by atoms with Crippen LogP contribution >= 0.6 is 0 Å². The largest absolute Gasteiger partial charge is 0.444 e. The van der Waals surface area contributed by atoms with Crippen LogP contribution < -0.4 is 4.90 Å². The molecule has 3 saturated heterocycles. The van der Waals surface area contributed by atoms with Crippen LogP contribution in [0.1, 0.15) is 29.5 Å². The van der Waals surface area contributed by atoms with Gasteiger partial charge in [0.05, 0.1) is 6.54 Å². The molecule has 1 atom stereocenters. The maximum absolute atomic E-state index is 14.0. The number of hydrogen-bond acceptors (Lipinski definition) is 3.